The lowest BCUT2D eigenvalue weighted by atomic mass is 9.90. The number of aryl methyl sites for hydroxylation is 1. The maximum Gasteiger partial charge on any atom is 0.406 e. The Balaban J connectivity index is 1.35. The number of likely N-dealkylation sites (tertiary alicyclic amines) is 1. The lowest BCUT2D eigenvalue weighted by Crippen LogP contribution is -2.54. The number of fused-ring (bicyclic) bond motifs is 3. The molecule has 38 heavy (non-hydrogen) atoms. The fraction of sp³-hybridized carbons (Fsp3) is 0.458. The van der Waals surface area contributed by atoms with E-state index in [1.54, 1.807) is 19.1 Å². The zero-order valence-electron chi connectivity index (χ0n) is 20.4. The number of hydrogen-bond donors (Lipinski definition) is 3. The van der Waals surface area contributed by atoms with Crippen molar-refractivity contribution in [3.63, 3.8) is 0 Å². The quantitative estimate of drug-likeness (QED) is 0.461. The van der Waals surface area contributed by atoms with Crippen LogP contribution in [0.2, 0.25) is 5.02 Å². The van der Waals surface area contributed by atoms with Crippen LogP contribution in [-0.4, -0.2) is 74.0 Å². The molecule has 2 aromatic heterocycles. The summed E-state index contributed by atoms with van der Waals surface area (Å²) in [5.74, 6) is -0.883. The third-order valence-corrected chi connectivity index (χ3v) is 7.42. The SMILES string of the molecule is Cc1cc(C2CCN(C(=O)NC3Cc4cc(Cl)c5[nH]ncc5c4CN(CC(F)(F)F)C3=O)CC2)c(=O)[nH]n1. The van der Waals surface area contributed by atoms with Gasteiger partial charge in [0.05, 0.1) is 22.4 Å². The minimum absolute atomic E-state index is 0.0166. The summed E-state index contributed by atoms with van der Waals surface area (Å²) in [6, 6.07) is 1.57. The number of aromatic amines is 2. The molecule has 3 amide bonds. The third-order valence-electron chi connectivity index (χ3n) is 7.12. The molecule has 5 rings (SSSR count). The maximum absolute atomic E-state index is 13.4. The molecule has 1 saturated heterocycles. The van der Waals surface area contributed by atoms with Gasteiger partial charge in [-0.15, -0.1) is 0 Å². The van der Waals surface area contributed by atoms with E-state index in [4.69, 9.17) is 11.6 Å². The summed E-state index contributed by atoms with van der Waals surface area (Å²) in [5, 5.41) is 16.5. The summed E-state index contributed by atoms with van der Waals surface area (Å²) < 4.78 is 40.2. The average Bonchev–Trinajstić information content (AvgIpc) is 3.32. The van der Waals surface area contributed by atoms with Gasteiger partial charge in [0.15, 0.2) is 0 Å². The van der Waals surface area contributed by atoms with Gasteiger partial charge >= 0.3 is 12.2 Å². The number of alkyl halides is 3. The van der Waals surface area contributed by atoms with Crippen molar-refractivity contribution in [2.75, 3.05) is 19.6 Å². The molecule has 0 spiro atoms. The third kappa shape index (κ3) is 5.19. The maximum atomic E-state index is 13.4. The Morgan fingerprint density at radius 1 is 1.21 bits per heavy atom. The molecule has 4 heterocycles. The molecule has 10 nitrogen and oxygen atoms in total. The molecule has 0 saturated carbocycles. The number of H-pyrrole nitrogens is 2. The number of urea groups is 1. The lowest BCUT2D eigenvalue weighted by molar-refractivity contribution is -0.163. The smallest absolute Gasteiger partial charge is 0.327 e. The number of rotatable bonds is 3. The second kappa shape index (κ2) is 9.93. The van der Waals surface area contributed by atoms with E-state index in [1.165, 1.54) is 11.1 Å². The van der Waals surface area contributed by atoms with Gasteiger partial charge in [0.1, 0.15) is 12.6 Å². The van der Waals surface area contributed by atoms with Crippen molar-refractivity contribution in [2.45, 2.75) is 50.9 Å². The predicted octanol–water partition coefficient (Wildman–Crippen LogP) is 3.01. The van der Waals surface area contributed by atoms with Crippen LogP contribution >= 0.6 is 11.6 Å². The second-order valence-corrected chi connectivity index (χ2v) is 10.1. The summed E-state index contributed by atoms with van der Waals surface area (Å²) in [4.78, 5) is 40.8. The Kier molecular flexibility index (Phi) is 6.80. The van der Waals surface area contributed by atoms with Gasteiger partial charge < -0.3 is 15.1 Å². The molecule has 1 aromatic carbocycles. The van der Waals surface area contributed by atoms with E-state index in [0.717, 1.165) is 0 Å². The number of amides is 3. The van der Waals surface area contributed by atoms with Gasteiger partial charge in [-0.3, -0.25) is 14.7 Å². The Morgan fingerprint density at radius 2 is 1.95 bits per heavy atom. The summed E-state index contributed by atoms with van der Waals surface area (Å²) >= 11 is 6.35. The molecule has 2 aliphatic rings. The van der Waals surface area contributed by atoms with Gasteiger partial charge in [-0.2, -0.15) is 23.4 Å². The number of carbonyl (C=O) groups is 2. The predicted molar refractivity (Wildman–Crippen MR) is 132 cm³/mol. The van der Waals surface area contributed by atoms with E-state index < -0.39 is 30.7 Å². The van der Waals surface area contributed by atoms with E-state index in [9.17, 15) is 27.6 Å². The molecule has 1 atom stereocenters. The molecule has 202 valence electrons. The summed E-state index contributed by atoms with van der Waals surface area (Å²) in [6.45, 7) is 0.672. The average molecular weight is 552 g/mol. The molecule has 14 heteroatoms. The molecule has 0 bridgehead atoms. The van der Waals surface area contributed by atoms with Crippen LogP contribution in [0.15, 0.2) is 23.1 Å². The van der Waals surface area contributed by atoms with Crippen LogP contribution in [0, 0.1) is 6.92 Å². The largest absolute Gasteiger partial charge is 0.406 e. The summed E-state index contributed by atoms with van der Waals surface area (Å²) in [5.41, 5.74) is 2.57. The van der Waals surface area contributed by atoms with E-state index in [2.05, 4.69) is 25.7 Å². The Bertz CT molecular complexity index is 1450. The number of piperidine rings is 1. The van der Waals surface area contributed by atoms with E-state index >= 15 is 0 Å². The van der Waals surface area contributed by atoms with Crippen LogP contribution in [0.4, 0.5) is 18.0 Å². The highest BCUT2D eigenvalue weighted by Crippen LogP contribution is 2.33. The van der Waals surface area contributed by atoms with Gasteiger partial charge in [0.2, 0.25) is 5.91 Å². The van der Waals surface area contributed by atoms with Gasteiger partial charge in [-0.1, -0.05) is 11.6 Å². The Hall–Kier alpha value is -3.61. The highest BCUT2D eigenvalue weighted by molar-refractivity contribution is 6.35. The number of aromatic nitrogens is 4. The van der Waals surface area contributed by atoms with Crippen molar-refractivity contribution < 1.29 is 22.8 Å². The van der Waals surface area contributed by atoms with Crippen molar-refractivity contribution >= 4 is 34.4 Å². The highest BCUT2D eigenvalue weighted by Gasteiger charge is 2.39. The number of halogens is 4. The molecule has 1 fully saturated rings. The molecule has 0 radical (unpaired) electrons. The van der Waals surface area contributed by atoms with Crippen LogP contribution in [0.1, 0.15) is 41.1 Å². The van der Waals surface area contributed by atoms with E-state index in [1.807, 2.05) is 0 Å². The van der Waals surface area contributed by atoms with Crippen LogP contribution in [0.3, 0.4) is 0 Å². The Labute approximate surface area is 219 Å². The van der Waals surface area contributed by atoms with Crippen molar-refractivity contribution in [2.24, 2.45) is 0 Å². The van der Waals surface area contributed by atoms with Gasteiger partial charge in [-0.25, -0.2) is 9.89 Å². The van der Waals surface area contributed by atoms with Crippen molar-refractivity contribution in [3.8, 4) is 0 Å². The first-order valence-corrected chi connectivity index (χ1v) is 12.5. The fourth-order valence-electron chi connectivity index (χ4n) is 5.27. The number of benzene rings is 1. The highest BCUT2D eigenvalue weighted by atomic mass is 35.5. The van der Waals surface area contributed by atoms with E-state index in [-0.39, 0.29) is 24.4 Å². The lowest BCUT2D eigenvalue weighted by Gasteiger charge is -2.33. The first-order chi connectivity index (χ1) is 18.0. The van der Waals surface area contributed by atoms with Crippen LogP contribution < -0.4 is 10.9 Å². The number of nitrogens with one attached hydrogen (secondary N) is 3. The zero-order chi connectivity index (χ0) is 27.2. The van der Waals surface area contributed by atoms with Crippen LogP contribution in [0.25, 0.3) is 10.9 Å². The van der Waals surface area contributed by atoms with Crippen LogP contribution in [0.5, 0.6) is 0 Å². The molecular formula is C24H25ClF3N7O3. The fourth-order valence-corrected chi connectivity index (χ4v) is 5.55. The van der Waals surface area contributed by atoms with Gasteiger partial charge in [0.25, 0.3) is 5.56 Å². The van der Waals surface area contributed by atoms with Crippen molar-refractivity contribution in [1.82, 2.24) is 35.5 Å². The Morgan fingerprint density at radius 3 is 2.66 bits per heavy atom. The summed E-state index contributed by atoms with van der Waals surface area (Å²) in [7, 11) is 0. The molecule has 3 aromatic rings. The molecular weight excluding hydrogens is 527 g/mol. The van der Waals surface area contributed by atoms with Crippen LogP contribution in [-0.2, 0) is 17.8 Å². The first kappa shape index (κ1) is 26.0. The summed E-state index contributed by atoms with van der Waals surface area (Å²) in [6.07, 6.45) is -2.13. The number of carbonyl (C=O) groups excluding carboxylic acids is 2. The normalized spacial score (nSPS) is 19.0. The molecule has 2 aliphatic heterocycles. The standard InChI is InChI=1S/C24H25ClF3N7O3/c1-12-6-15(21(36)33-31-12)13-2-4-34(5-3-13)23(38)30-19-8-14-7-18(25)20-16(9-29-32-20)17(14)10-35(22(19)37)11-24(26,27)28/h6-7,9,13,19H,2-5,8,10-11H2,1H3,(H,29,32)(H,30,38)(H,33,36). The van der Waals surface area contributed by atoms with Gasteiger partial charge in [-0.05, 0) is 48.9 Å². The van der Waals surface area contributed by atoms with Crippen molar-refractivity contribution in [1.29, 1.82) is 0 Å². The topological polar surface area (TPSA) is 127 Å². The van der Waals surface area contributed by atoms with Gasteiger partial charge in [0, 0.05) is 37.0 Å². The minimum atomic E-state index is -4.62. The monoisotopic (exact) mass is 551 g/mol. The molecule has 3 N–H and O–H groups in total. The van der Waals surface area contributed by atoms with Crippen molar-refractivity contribution in [3.05, 3.63) is 56.1 Å². The first-order valence-electron chi connectivity index (χ1n) is 12.1. The second-order valence-electron chi connectivity index (χ2n) is 9.73. The number of hydrogen-bond acceptors (Lipinski definition) is 5. The molecule has 1 unspecified atom stereocenters. The number of nitrogens with zero attached hydrogens (tertiary/aromatic N) is 4. The van der Waals surface area contributed by atoms with E-state index in [0.29, 0.717) is 69.1 Å². The minimum Gasteiger partial charge on any atom is -0.327 e. The zero-order valence-corrected chi connectivity index (χ0v) is 21.1. The molecule has 0 aliphatic carbocycles.